The first-order chi connectivity index (χ1) is 14.7. The summed E-state index contributed by atoms with van der Waals surface area (Å²) in [5, 5.41) is 9.35. The maximum Gasteiger partial charge on any atom is 0.291 e. The maximum absolute atomic E-state index is 9.35. The third-order valence-electron chi connectivity index (χ3n) is 6.46. The zero-order chi connectivity index (χ0) is 20.5. The van der Waals surface area contributed by atoms with E-state index in [0.29, 0.717) is 6.04 Å². The van der Waals surface area contributed by atoms with E-state index in [1.807, 2.05) is 19.4 Å². The number of nitrogens with zero attached hydrogens (tertiary/aromatic N) is 5. The van der Waals surface area contributed by atoms with Crippen molar-refractivity contribution in [3.63, 3.8) is 0 Å². The molecular formula is C25H26N5+. The Morgan fingerprint density at radius 2 is 1.83 bits per heavy atom. The van der Waals surface area contributed by atoms with Crippen LogP contribution in [0.5, 0.6) is 0 Å². The normalized spacial score (nSPS) is 18.2. The van der Waals surface area contributed by atoms with Gasteiger partial charge in [-0.2, -0.15) is 4.90 Å². The Bertz CT molecular complexity index is 1120. The molecule has 30 heavy (non-hydrogen) atoms. The molecule has 0 fully saturated rings. The first-order valence-electron chi connectivity index (χ1n) is 10.7. The summed E-state index contributed by atoms with van der Waals surface area (Å²) in [6, 6.07) is 19.6. The number of rotatable bonds is 3. The van der Waals surface area contributed by atoms with Crippen molar-refractivity contribution >= 4 is 5.84 Å². The molecular weight excluding hydrogens is 370 g/mol. The number of nitriles is 1. The van der Waals surface area contributed by atoms with Crippen molar-refractivity contribution in [3.8, 4) is 23.0 Å². The SMILES string of the molecule is CN(C#N)C1=[N+](C2CCc3ncn(-c4ccc(-c5ccccc5)cc4)c3C2)CCC1. The van der Waals surface area contributed by atoms with Gasteiger partial charge in [0.05, 0.1) is 32.0 Å². The fourth-order valence-corrected chi connectivity index (χ4v) is 4.89. The minimum atomic E-state index is 0.435. The van der Waals surface area contributed by atoms with Crippen LogP contribution in [-0.2, 0) is 12.8 Å². The highest BCUT2D eigenvalue weighted by Gasteiger charge is 2.34. The van der Waals surface area contributed by atoms with Crippen molar-refractivity contribution in [2.45, 2.75) is 38.1 Å². The number of hydrogen-bond acceptors (Lipinski definition) is 3. The Balaban J connectivity index is 1.43. The molecule has 1 atom stereocenters. The molecule has 0 N–H and O–H groups in total. The van der Waals surface area contributed by atoms with Crippen LogP contribution in [0.15, 0.2) is 60.9 Å². The van der Waals surface area contributed by atoms with E-state index in [1.54, 1.807) is 4.90 Å². The molecule has 5 heteroatoms. The standard InChI is InChI=1S/C25H26N5/c1-28(17-26)25-8-5-15-29(25)22-13-14-23-24(16-22)30(18-27-23)21-11-9-20(10-12-21)19-6-3-2-4-7-19/h2-4,6-7,9-12,18,22H,5,8,13-16H2,1H3/q+1. The van der Waals surface area contributed by atoms with Crippen LogP contribution in [0.25, 0.3) is 16.8 Å². The molecule has 1 aliphatic carbocycles. The van der Waals surface area contributed by atoms with Crippen LogP contribution in [0.4, 0.5) is 0 Å². The summed E-state index contributed by atoms with van der Waals surface area (Å²) in [5.41, 5.74) is 6.14. The van der Waals surface area contributed by atoms with Gasteiger partial charge in [0.15, 0.2) is 0 Å². The van der Waals surface area contributed by atoms with Crippen LogP contribution in [0.1, 0.15) is 30.7 Å². The van der Waals surface area contributed by atoms with Gasteiger partial charge in [0.25, 0.3) is 12.0 Å². The number of hydrogen-bond donors (Lipinski definition) is 0. The zero-order valence-corrected chi connectivity index (χ0v) is 17.3. The van der Waals surface area contributed by atoms with E-state index in [2.05, 4.69) is 63.9 Å². The predicted molar refractivity (Wildman–Crippen MR) is 118 cm³/mol. The molecule has 0 saturated heterocycles. The van der Waals surface area contributed by atoms with Gasteiger partial charge in [-0.15, -0.1) is 5.26 Å². The largest absolute Gasteiger partial charge is 0.303 e. The van der Waals surface area contributed by atoms with E-state index in [0.717, 1.165) is 44.3 Å². The van der Waals surface area contributed by atoms with Crippen molar-refractivity contribution in [1.82, 2.24) is 14.5 Å². The summed E-state index contributed by atoms with van der Waals surface area (Å²) >= 11 is 0. The monoisotopic (exact) mass is 396 g/mol. The maximum atomic E-state index is 9.35. The van der Waals surface area contributed by atoms with Gasteiger partial charge in [0.1, 0.15) is 6.04 Å². The second kappa shape index (κ2) is 7.79. The Morgan fingerprint density at radius 1 is 1.07 bits per heavy atom. The van der Waals surface area contributed by atoms with Crippen molar-refractivity contribution in [2.75, 3.05) is 13.6 Å². The third kappa shape index (κ3) is 3.29. The lowest BCUT2D eigenvalue weighted by Crippen LogP contribution is -2.38. The Kier molecular flexibility index (Phi) is 4.84. The van der Waals surface area contributed by atoms with Crippen molar-refractivity contribution in [2.24, 2.45) is 0 Å². The topological polar surface area (TPSA) is 47.9 Å². The molecule has 0 radical (unpaired) electrons. The van der Waals surface area contributed by atoms with Gasteiger partial charge in [-0.25, -0.2) is 4.98 Å². The van der Waals surface area contributed by atoms with Gasteiger partial charge in [-0.3, -0.25) is 4.58 Å². The molecule has 150 valence electrons. The molecule has 2 heterocycles. The first-order valence-corrected chi connectivity index (χ1v) is 10.7. The highest BCUT2D eigenvalue weighted by atomic mass is 15.2. The number of imidazole rings is 1. The molecule has 1 aliphatic heterocycles. The Hall–Kier alpha value is -3.39. The van der Waals surface area contributed by atoms with Gasteiger partial charge in [-0.05, 0) is 42.5 Å². The van der Waals surface area contributed by atoms with Crippen molar-refractivity contribution < 1.29 is 4.58 Å². The Morgan fingerprint density at radius 3 is 2.60 bits per heavy atom. The molecule has 0 spiro atoms. The van der Waals surface area contributed by atoms with E-state index >= 15 is 0 Å². The average molecular weight is 397 g/mol. The van der Waals surface area contributed by atoms with Crippen molar-refractivity contribution in [1.29, 1.82) is 5.26 Å². The first kappa shape index (κ1) is 18.6. The fraction of sp³-hybridized carbons (Fsp3) is 0.320. The number of aryl methyl sites for hydroxylation is 1. The summed E-state index contributed by atoms with van der Waals surface area (Å²) in [4.78, 5) is 6.46. The smallest absolute Gasteiger partial charge is 0.291 e. The molecule has 0 amide bonds. The zero-order valence-electron chi connectivity index (χ0n) is 17.3. The van der Waals surface area contributed by atoms with Crippen LogP contribution >= 0.6 is 0 Å². The minimum absolute atomic E-state index is 0.435. The molecule has 2 aliphatic rings. The summed E-state index contributed by atoms with van der Waals surface area (Å²) in [7, 11) is 1.88. The van der Waals surface area contributed by atoms with E-state index in [4.69, 9.17) is 4.98 Å². The summed E-state index contributed by atoms with van der Waals surface area (Å²) < 4.78 is 4.71. The fourth-order valence-electron chi connectivity index (χ4n) is 4.89. The molecule has 2 aromatic carbocycles. The number of aromatic nitrogens is 2. The lowest BCUT2D eigenvalue weighted by atomic mass is 9.95. The summed E-state index contributed by atoms with van der Waals surface area (Å²) in [6.07, 6.45) is 9.44. The highest BCUT2D eigenvalue weighted by molar-refractivity contribution is 5.79. The molecule has 0 bridgehead atoms. The van der Waals surface area contributed by atoms with Crippen LogP contribution in [0.2, 0.25) is 0 Å². The summed E-state index contributed by atoms with van der Waals surface area (Å²) in [6.45, 7) is 1.04. The second-order valence-corrected chi connectivity index (χ2v) is 8.19. The quantitative estimate of drug-likeness (QED) is 0.382. The van der Waals surface area contributed by atoms with E-state index in [1.165, 1.54) is 28.4 Å². The van der Waals surface area contributed by atoms with Gasteiger partial charge in [0, 0.05) is 17.8 Å². The predicted octanol–water partition coefficient (Wildman–Crippen LogP) is 4.01. The van der Waals surface area contributed by atoms with E-state index < -0.39 is 0 Å². The van der Waals surface area contributed by atoms with E-state index in [-0.39, 0.29) is 0 Å². The number of benzene rings is 2. The average Bonchev–Trinajstić information content (AvgIpc) is 3.46. The van der Waals surface area contributed by atoms with Crippen LogP contribution in [0.3, 0.4) is 0 Å². The Labute approximate surface area is 177 Å². The second-order valence-electron chi connectivity index (χ2n) is 8.19. The molecule has 5 nitrogen and oxygen atoms in total. The van der Waals surface area contributed by atoms with E-state index in [9.17, 15) is 5.26 Å². The van der Waals surface area contributed by atoms with Gasteiger partial charge in [-0.1, -0.05) is 42.5 Å². The van der Waals surface area contributed by atoms with Gasteiger partial charge < -0.3 is 4.57 Å². The number of fused-ring (bicyclic) bond motifs is 1. The van der Waals surface area contributed by atoms with Gasteiger partial charge >= 0.3 is 0 Å². The number of amidine groups is 1. The third-order valence-corrected chi connectivity index (χ3v) is 6.46. The lowest BCUT2D eigenvalue weighted by Gasteiger charge is -2.24. The molecule has 1 unspecified atom stereocenters. The lowest BCUT2D eigenvalue weighted by molar-refractivity contribution is -0.563. The minimum Gasteiger partial charge on any atom is -0.303 e. The van der Waals surface area contributed by atoms with Crippen LogP contribution in [0, 0.1) is 11.5 Å². The highest BCUT2D eigenvalue weighted by Crippen LogP contribution is 2.28. The summed E-state index contributed by atoms with van der Waals surface area (Å²) in [5.74, 6) is 1.17. The molecule has 1 aromatic heterocycles. The molecule has 3 aromatic rings. The van der Waals surface area contributed by atoms with Gasteiger partial charge in [0.2, 0.25) is 0 Å². The van der Waals surface area contributed by atoms with Crippen molar-refractivity contribution in [3.05, 3.63) is 72.3 Å². The molecule has 0 saturated carbocycles. The molecule has 5 rings (SSSR count). The van der Waals surface area contributed by atoms with Crippen LogP contribution in [-0.4, -0.2) is 44.5 Å². The van der Waals surface area contributed by atoms with Crippen LogP contribution < -0.4 is 0 Å².